The van der Waals surface area contributed by atoms with Crippen LogP contribution in [0.1, 0.15) is 24.7 Å². The zero-order valence-electron chi connectivity index (χ0n) is 10.4. The number of carbonyl (C=O) groups is 1. The van der Waals surface area contributed by atoms with Gasteiger partial charge in [-0.2, -0.15) is 6.92 Å². The molecule has 0 saturated heterocycles. The van der Waals surface area contributed by atoms with E-state index in [1.807, 2.05) is 14.0 Å². The van der Waals surface area contributed by atoms with Crippen molar-refractivity contribution in [2.45, 2.75) is 26.7 Å². The van der Waals surface area contributed by atoms with Crippen LogP contribution < -0.4 is 0 Å². The Balaban J connectivity index is 0. The van der Waals surface area contributed by atoms with Crippen LogP contribution in [0.15, 0.2) is 0 Å². The first-order valence-corrected chi connectivity index (χ1v) is 4.83. The second kappa shape index (κ2) is 9.91. The second-order valence-electron chi connectivity index (χ2n) is 2.86. The summed E-state index contributed by atoms with van der Waals surface area (Å²) in [6.45, 7) is 6.93. The molecule has 1 aromatic rings. The maximum atomic E-state index is 10.9. The number of rotatable bonds is 3. The molecular weight excluding hydrogens is 281 g/mol. The van der Waals surface area contributed by atoms with E-state index in [1.165, 1.54) is 7.05 Å². The van der Waals surface area contributed by atoms with E-state index in [4.69, 9.17) is 0 Å². The molecule has 1 heterocycles. The summed E-state index contributed by atoms with van der Waals surface area (Å²) >= 11 is 0. The first kappa shape index (κ1) is 18.1. The number of aromatic nitrogens is 3. The number of hydrogen-bond donors (Lipinski definition) is 0. The number of nitrogens with zero attached hydrogens (tertiary/aromatic N) is 4. The Morgan fingerprint density at radius 2 is 2.06 bits per heavy atom. The summed E-state index contributed by atoms with van der Waals surface area (Å²) in [6.07, 6.45) is 1.03. The molecule has 0 saturated carbocycles. The Kier molecular flexibility index (Phi) is 11.2. The summed E-state index contributed by atoms with van der Waals surface area (Å²) in [5.41, 5.74) is 1.88. The summed E-state index contributed by atoms with van der Waals surface area (Å²) < 4.78 is 1.70. The maximum absolute atomic E-state index is 10.9. The fourth-order valence-corrected chi connectivity index (χ4v) is 1.02. The molecule has 0 spiro atoms. The molecule has 0 bridgehead atoms. The second-order valence-corrected chi connectivity index (χ2v) is 2.86. The first-order chi connectivity index (χ1) is 7.15. The molecule has 0 fully saturated rings. The van der Waals surface area contributed by atoms with Crippen LogP contribution in [-0.2, 0) is 51.0 Å². The van der Waals surface area contributed by atoms with Gasteiger partial charge in [0.2, 0.25) is 0 Å². The molecule has 1 radical (unpaired) electrons. The van der Waals surface area contributed by atoms with Crippen molar-refractivity contribution in [3.8, 4) is 0 Å². The van der Waals surface area contributed by atoms with Crippen LogP contribution in [0.4, 0.5) is 0 Å². The quantitative estimate of drug-likeness (QED) is 0.793. The molecule has 0 N–H and O–H groups in total. The van der Waals surface area contributed by atoms with E-state index in [2.05, 4.69) is 22.6 Å². The van der Waals surface area contributed by atoms with E-state index >= 15 is 0 Å². The minimum absolute atomic E-state index is 0. The minimum atomic E-state index is -0.0925. The molecule has 0 unspecified atom stereocenters. The zero-order valence-corrected chi connectivity index (χ0v) is 13.2. The van der Waals surface area contributed by atoms with Crippen molar-refractivity contribution in [3.63, 3.8) is 0 Å². The van der Waals surface area contributed by atoms with Gasteiger partial charge in [0.05, 0.1) is 17.3 Å². The van der Waals surface area contributed by atoms with E-state index in [9.17, 15) is 4.79 Å². The van der Waals surface area contributed by atoms with Gasteiger partial charge in [0.25, 0.3) is 0 Å². The molecule has 5 nitrogen and oxygen atoms in total. The minimum Gasteiger partial charge on any atom is -0.656 e. The van der Waals surface area contributed by atoms with Crippen molar-refractivity contribution in [1.29, 1.82) is 0 Å². The normalized spacial score (nSPS) is 8.56. The summed E-state index contributed by atoms with van der Waals surface area (Å²) in [5, 5.41) is 11.3. The van der Waals surface area contributed by atoms with E-state index in [-0.39, 0.29) is 38.6 Å². The van der Waals surface area contributed by atoms with Crippen LogP contribution in [0.3, 0.4) is 0 Å². The van der Waals surface area contributed by atoms with Gasteiger partial charge < -0.3 is 17.0 Å². The van der Waals surface area contributed by atoms with E-state index in [0.717, 1.165) is 11.4 Å². The van der Waals surface area contributed by atoms with Gasteiger partial charge in [-0.3, -0.25) is 4.68 Å². The van der Waals surface area contributed by atoms with Crippen molar-refractivity contribution in [2.24, 2.45) is 7.05 Å². The van der Waals surface area contributed by atoms with Crippen LogP contribution in [0, 0.1) is 13.8 Å². The molecule has 89 valence electrons. The van der Waals surface area contributed by atoms with Crippen molar-refractivity contribution >= 4 is 5.91 Å². The summed E-state index contributed by atoms with van der Waals surface area (Å²) in [4.78, 5) is 10.9. The molecule has 1 amide bonds. The number of aryl methyl sites for hydroxylation is 2. The van der Waals surface area contributed by atoms with Gasteiger partial charge in [-0.1, -0.05) is 5.21 Å². The van der Waals surface area contributed by atoms with E-state index in [0.29, 0.717) is 12.8 Å². The van der Waals surface area contributed by atoms with Gasteiger partial charge in [-0.25, -0.2) is 0 Å². The van der Waals surface area contributed by atoms with E-state index in [1.54, 1.807) is 11.6 Å². The van der Waals surface area contributed by atoms with Crippen LogP contribution in [0.5, 0.6) is 0 Å². The van der Waals surface area contributed by atoms with Crippen molar-refractivity contribution in [1.82, 2.24) is 15.0 Å². The molecule has 0 aliphatic rings. The fourth-order valence-electron chi connectivity index (χ4n) is 1.02. The summed E-state index contributed by atoms with van der Waals surface area (Å²) in [7, 11) is 3.34. The number of carbonyl (C=O) groups excluding carboxylic acids is 1. The maximum Gasteiger partial charge on any atom is 0.0859 e. The molecule has 1 rings (SSSR count). The third kappa shape index (κ3) is 5.70. The van der Waals surface area contributed by atoms with Crippen LogP contribution in [0.25, 0.3) is 5.32 Å². The van der Waals surface area contributed by atoms with Crippen LogP contribution in [0.2, 0.25) is 0 Å². The third-order valence-electron chi connectivity index (χ3n) is 2.03. The van der Waals surface area contributed by atoms with Crippen LogP contribution >= 0.6 is 0 Å². The van der Waals surface area contributed by atoms with Gasteiger partial charge in [0.1, 0.15) is 0 Å². The number of hydrogen-bond acceptors (Lipinski definition) is 3. The molecule has 6 heteroatoms. The molecule has 0 aliphatic heterocycles. The summed E-state index contributed by atoms with van der Waals surface area (Å²) in [6, 6.07) is 0. The SMILES string of the molecule is C[N-]C(=O)CCc1nnn(C)c1C.[CH2-]C.[Y]. The number of amides is 1. The molecule has 1 aromatic heterocycles. The van der Waals surface area contributed by atoms with Gasteiger partial charge in [0.15, 0.2) is 0 Å². The molecule has 0 atom stereocenters. The van der Waals surface area contributed by atoms with Crippen molar-refractivity contribution in [3.05, 3.63) is 23.6 Å². The Hall–Kier alpha value is -0.286. The monoisotopic (exact) mass is 299 g/mol. The largest absolute Gasteiger partial charge is 0.656 e. The third-order valence-corrected chi connectivity index (χ3v) is 2.03. The predicted octanol–water partition coefficient (Wildman–Crippen LogP) is 1.42. The van der Waals surface area contributed by atoms with Gasteiger partial charge in [-0.15, -0.1) is 12.1 Å². The van der Waals surface area contributed by atoms with Gasteiger partial charge >= 0.3 is 0 Å². The Morgan fingerprint density at radius 1 is 1.50 bits per heavy atom. The van der Waals surface area contributed by atoms with Crippen molar-refractivity contribution in [2.75, 3.05) is 7.05 Å². The predicted molar refractivity (Wildman–Crippen MR) is 59.4 cm³/mol. The Bertz CT molecular complexity index is 312. The standard InChI is InChI=1S/C8H14N4O.C2H5.Y/c1-6-7(10-11-12(6)3)4-5-8(13)9-2;1-2;/h4-5H2,1-3H3,(H,9,13);1H2,2H3;/q;-1;/p-1. The molecule has 16 heavy (non-hydrogen) atoms. The van der Waals surface area contributed by atoms with Crippen LogP contribution in [-0.4, -0.2) is 27.9 Å². The van der Waals surface area contributed by atoms with Crippen molar-refractivity contribution < 1.29 is 37.5 Å². The fraction of sp³-hybridized carbons (Fsp3) is 0.600. The van der Waals surface area contributed by atoms with Gasteiger partial charge in [-0.05, 0) is 19.8 Å². The smallest absolute Gasteiger partial charge is 0.0859 e. The van der Waals surface area contributed by atoms with E-state index < -0.39 is 0 Å². The topological polar surface area (TPSA) is 61.9 Å². The summed E-state index contributed by atoms with van der Waals surface area (Å²) in [5.74, 6) is -0.0925. The molecular formula is C10H18N4OY-2. The molecule has 0 aliphatic carbocycles. The Labute approximate surface area is 122 Å². The Morgan fingerprint density at radius 3 is 2.44 bits per heavy atom. The first-order valence-electron chi connectivity index (χ1n) is 4.83. The average Bonchev–Trinajstić information content (AvgIpc) is 2.59. The molecule has 0 aromatic carbocycles. The zero-order chi connectivity index (χ0) is 11.8. The van der Waals surface area contributed by atoms with Gasteiger partial charge in [0, 0.05) is 39.8 Å². The average molecular weight is 299 g/mol.